The topological polar surface area (TPSA) is 85.4 Å². The molecule has 27 heavy (non-hydrogen) atoms. The molecule has 0 radical (unpaired) electrons. The highest BCUT2D eigenvalue weighted by atomic mass is 35.5. The summed E-state index contributed by atoms with van der Waals surface area (Å²) in [7, 11) is -4.07. The third kappa shape index (κ3) is 4.64. The Morgan fingerprint density at radius 2 is 1.81 bits per heavy atom. The monoisotopic (exact) mass is 402 g/mol. The lowest BCUT2D eigenvalue weighted by Crippen LogP contribution is -2.31. The minimum absolute atomic E-state index is 0.150. The summed E-state index contributed by atoms with van der Waals surface area (Å²) in [5.74, 6) is 0.0703. The number of hydrogen-bond donors (Lipinski definition) is 1. The summed E-state index contributed by atoms with van der Waals surface area (Å²) in [6.45, 7) is 1.67. The van der Waals surface area contributed by atoms with Gasteiger partial charge in [0.05, 0.1) is 6.20 Å². The zero-order chi connectivity index (χ0) is 19.4. The first-order chi connectivity index (χ1) is 12.8. The average Bonchev–Trinajstić information content (AvgIpc) is 2.62. The minimum Gasteiger partial charge on any atom is -0.439 e. The van der Waals surface area contributed by atoms with E-state index >= 15 is 0 Å². The highest BCUT2D eigenvalue weighted by Crippen LogP contribution is 2.20. The van der Waals surface area contributed by atoms with E-state index in [0.717, 1.165) is 6.20 Å². The molecular weight excluding hydrogens is 388 g/mol. The normalized spacial score (nSPS) is 11.0. The van der Waals surface area contributed by atoms with Gasteiger partial charge in [0.1, 0.15) is 10.6 Å². The van der Waals surface area contributed by atoms with E-state index in [2.05, 4.69) is 4.98 Å². The molecule has 0 saturated carbocycles. The molecule has 1 heterocycles. The lowest BCUT2D eigenvalue weighted by Gasteiger charge is -2.09. The van der Waals surface area contributed by atoms with Crippen LogP contribution in [-0.2, 0) is 10.0 Å². The Bertz CT molecular complexity index is 1070. The third-order valence-electron chi connectivity index (χ3n) is 3.65. The van der Waals surface area contributed by atoms with Gasteiger partial charge in [0.2, 0.25) is 5.88 Å². The first-order valence-electron chi connectivity index (χ1n) is 7.87. The minimum atomic E-state index is -4.07. The van der Waals surface area contributed by atoms with Gasteiger partial charge in [-0.1, -0.05) is 29.8 Å². The maximum Gasteiger partial charge on any atom is 0.265 e. The van der Waals surface area contributed by atoms with Crippen LogP contribution in [0.3, 0.4) is 0 Å². The Hall–Kier alpha value is -2.90. The van der Waals surface area contributed by atoms with Gasteiger partial charge in [-0.05, 0) is 48.9 Å². The van der Waals surface area contributed by atoms with Crippen LogP contribution >= 0.6 is 11.6 Å². The molecule has 0 spiro atoms. The van der Waals surface area contributed by atoms with Gasteiger partial charge in [0, 0.05) is 16.7 Å². The van der Waals surface area contributed by atoms with E-state index in [0.29, 0.717) is 16.3 Å². The van der Waals surface area contributed by atoms with Crippen LogP contribution in [0.5, 0.6) is 11.6 Å². The molecular formula is C19H15ClN2O4S. The van der Waals surface area contributed by atoms with Crippen LogP contribution in [0.25, 0.3) is 0 Å². The van der Waals surface area contributed by atoms with Crippen LogP contribution in [-0.4, -0.2) is 19.3 Å². The van der Waals surface area contributed by atoms with Crippen molar-refractivity contribution in [2.24, 2.45) is 0 Å². The number of carbonyl (C=O) groups excluding carboxylic acids is 1. The Morgan fingerprint density at radius 3 is 2.44 bits per heavy atom. The molecule has 6 nitrogen and oxygen atoms in total. The Morgan fingerprint density at radius 1 is 1.07 bits per heavy atom. The molecule has 0 unspecified atom stereocenters. The summed E-state index contributed by atoms with van der Waals surface area (Å²) in [5.41, 5.74) is 0.792. The number of nitrogens with zero attached hydrogens (tertiary/aromatic N) is 1. The zero-order valence-corrected chi connectivity index (χ0v) is 15.8. The van der Waals surface area contributed by atoms with Crippen LogP contribution in [0.15, 0.2) is 71.8 Å². The number of nitrogens with one attached hydrogen (secondary N) is 1. The number of sulfonamides is 1. The van der Waals surface area contributed by atoms with E-state index in [1.54, 1.807) is 25.1 Å². The van der Waals surface area contributed by atoms with Gasteiger partial charge in [-0.2, -0.15) is 0 Å². The summed E-state index contributed by atoms with van der Waals surface area (Å²) in [4.78, 5) is 16.1. The highest BCUT2D eigenvalue weighted by molar-refractivity contribution is 7.90. The predicted molar refractivity (Wildman–Crippen MR) is 102 cm³/mol. The standard InChI is InChI=1S/C19H15ClN2O4S/c1-13-11-14(20)7-9-17(13)19(23)22-27(24,25)16-8-10-18(21-12-16)26-15-5-3-2-4-6-15/h2-12H,1H3,(H,22,23). The summed E-state index contributed by atoms with van der Waals surface area (Å²) in [6, 6.07) is 16.3. The molecule has 1 amide bonds. The molecule has 0 aliphatic carbocycles. The molecule has 0 saturated heterocycles. The predicted octanol–water partition coefficient (Wildman–Crippen LogP) is 3.95. The smallest absolute Gasteiger partial charge is 0.265 e. The number of aromatic nitrogens is 1. The number of halogens is 1. The van der Waals surface area contributed by atoms with Gasteiger partial charge in [0.25, 0.3) is 15.9 Å². The Kier molecular flexibility index (Phi) is 5.43. The van der Waals surface area contributed by atoms with Crippen molar-refractivity contribution < 1.29 is 17.9 Å². The maximum atomic E-state index is 12.4. The molecule has 2 aromatic carbocycles. The number of rotatable bonds is 5. The second-order valence-electron chi connectivity index (χ2n) is 5.64. The molecule has 3 aromatic rings. The van der Waals surface area contributed by atoms with E-state index < -0.39 is 15.9 Å². The lowest BCUT2D eigenvalue weighted by molar-refractivity contribution is 0.0981. The molecule has 0 atom stereocenters. The Labute approximate surface area is 161 Å². The number of aryl methyl sites for hydroxylation is 1. The van der Waals surface area contributed by atoms with Crippen LogP contribution < -0.4 is 9.46 Å². The summed E-state index contributed by atoms with van der Waals surface area (Å²) >= 11 is 5.85. The molecule has 3 rings (SSSR count). The number of benzene rings is 2. The second-order valence-corrected chi connectivity index (χ2v) is 7.76. The van der Waals surface area contributed by atoms with Crippen molar-refractivity contribution in [2.75, 3.05) is 0 Å². The molecule has 138 valence electrons. The molecule has 1 aromatic heterocycles. The van der Waals surface area contributed by atoms with E-state index in [1.165, 1.54) is 24.3 Å². The van der Waals surface area contributed by atoms with E-state index in [9.17, 15) is 13.2 Å². The van der Waals surface area contributed by atoms with Crippen molar-refractivity contribution >= 4 is 27.5 Å². The van der Waals surface area contributed by atoms with Gasteiger partial charge < -0.3 is 4.74 Å². The zero-order valence-electron chi connectivity index (χ0n) is 14.2. The van der Waals surface area contributed by atoms with Gasteiger partial charge in [-0.25, -0.2) is 18.1 Å². The Balaban J connectivity index is 1.75. The number of para-hydroxylation sites is 1. The third-order valence-corrected chi connectivity index (χ3v) is 5.20. The fourth-order valence-electron chi connectivity index (χ4n) is 2.31. The van der Waals surface area contributed by atoms with Crippen molar-refractivity contribution in [3.05, 3.63) is 83.0 Å². The molecule has 0 bridgehead atoms. The number of hydrogen-bond acceptors (Lipinski definition) is 5. The van der Waals surface area contributed by atoms with Crippen LogP contribution in [0.4, 0.5) is 0 Å². The van der Waals surface area contributed by atoms with Gasteiger partial charge in [0.15, 0.2) is 0 Å². The van der Waals surface area contributed by atoms with Gasteiger partial charge in [-0.3, -0.25) is 4.79 Å². The molecule has 1 N–H and O–H groups in total. The fourth-order valence-corrected chi connectivity index (χ4v) is 3.45. The molecule has 0 aliphatic rings. The molecule has 0 aliphatic heterocycles. The summed E-state index contributed by atoms with van der Waals surface area (Å²) < 4.78 is 32.4. The summed E-state index contributed by atoms with van der Waals surface area (Å²) in [5, 5.41) is 0.463. The van der Waals surface area contributed by atoms with Crippen molar-refractivity contribution in [2.45, 2.75) is 11.8 Å². The quantitative estimate of drug-likeness (QED) is 0.698. The van der Waals surface area contributed by atoms with E-state index in [4.69, 9.17) is 16.3 Å². The molecule has 8 heteroatoms. The molecule has 0 fully saturated rings. The van der Waals surface area contributed by atoms with Crippen LogP contribution in [0, 0.1) is 6.92 Å². The number of amides is 1. The van der Waals surface area contributed by atoms with Crippen molar-refractivity contribution in [3.63, 3.8) is 0 Å². The first-order valence-corrected chi connectivity index (χ1v) is 9.73. The van der Waals surface area contributed by atoms with Crippen molar-refractivity contribution in [1.29, 1.82) is 0 Å². The van der Waals surface area contributed by atoms with Crippen molar-refractivity contribution in [1.82, 2.24) is 9.71 Å². The number of carbonyl (C=O) groups is 1. The number of ether oxygens (including phenoxy) is 1. The average molecular weight is 403 g/mol. The summed E-state index contributed by atoms with van der Waals surface area (Å²) in [6.07, 6.45) is 1.13. The van der Waals surface area contributed by atoms with Gasteiger partial charge in [-0.15, -0.1) is 0 Å². The fraction of sp³-hybridized carbons (Fsp3) is 0.0526. The highest BCUT2D eigenvalue weighted by Gasteiger charge is 2.20. The lowest BCUT2D eigenvalue weighted by atomic mass is 10.1. The van der Waals surface area contributed by atoms with Crippen LogP contribution in [0.2, 0.25) is 5.02 Å². The van der Waals surface area contributed by atoms with Crippen molar-refractivity contribution in [3.8, 4) is 11.6 Å². The maximum absolute atomic E-state index is 12.4. The van der Waals surface area contributed by atoms with Gasteiger partial charge >= 0.3 is 0 Å². The van der Waals surface area contributed by atoms with Crippen LogP contribution in [0.1, 0.15) is 15.9 Å². The van der Waals surface area contributed by atoms with E-state index in [-0.39, 0.29) is 16.3 Å². The SMILES string of the molecule is Cc1cc(Cl)ccc1C(=O)NS(=O)(=O)c1ccc(Oc2ccccc2)nc1. The van der Waals surface area contributed by atoms with E-state index in [1.807, 2.05) is 22.9 Å². The first kappa shape index (κ1) is 18.9. The number of pyridine rings is 1. The largest absolute Gasteiger partial charge is 0.439 e. The second kappa shape index (κ2) is 7.77.